The van der Waals surface area contributed by atoms with Crippen molar-refractivity contribution in [2.24, 2.45) is 5.73 Å². The van der Waals surface area contributed by atoms with Crippen LogP contribution < -0.4 is 16.0 Å². The van der Waals surface area contributed by atoms with Crippen LogP contribution in [0.4, 0.5) is 5.69 Å². The summed E-state index contributed by atoms with van der Waals surface area (Å²) in [5.41, 5.74) is 9.47. The Kier molecular flexibility index (Phi) is 4.88. The fourth-order valence-corrected chi connectivity index (χ4v) is 3.08. The Morgan fingerprint density at radius 2 is 2.00 bits per heavy atom. The smallest absolute Gasteiger partial charge is 0.249 e. The Balaban J connectivity index is 2.00. The van der Waals surface area contributed by atoms with Crippen molar-refractivity contribution in [1.29, 1.82) is 0 Å². The molecule has 1 saturated heterocycles. The quantitative estimate of drug-likeness (QED) is 0.899. The van der Waals surface area contributed by atoms with Crippen molar-refractivity contribution in [2.75, 3.05) is 31.1 Å². The molecule has 0 radical (unpaired) electrons. The highest BCUT2D eigenvalue weighted by molar-refractivity contribution is 5.96. The van der Waals surface area contributed by atoms with Gasteiger partial charge >= 0.3 is 0 Å². The van der Waals surface area contributed by atoms with Gasteiger partial charge in [-0.15, -0.1) is 0 Å². The van der Waals surface area contributed by atoms with Crippen molar-refractivity contribution in [1.82, 2.24) is 10.3 Å². The molecule has 1 aromatic carbocycles. The van der Waals surface area contributed by atoms with Crippen molar-refractivity contribution >= 4 is 11.6 Å². The molecule has 2 heterocycles. The summed E-state index contributed by atoms with van der Waals surface area (Å²) in [5.74, 6) is -0.371. The summed E-state index contributed by atoms with van der Waals surface area (Å²) in [4.78, 5) is 18.3. The van der Waals surface area contributed by atoms with E-state index in [4.69, 9.17) is 5.73 Å². The minimum absolute atomic E-state index is 0.371. The standard InChI is InChI=1S/C18H22N4O/c19-18(23)15-3-1-4-17(22-11-2-7-20-10-12-22)16(15)13-14-5-8-21-9-6-14/h1,3-6,8-9,20H,2,7,10-13H2,(H2,19,23). The van der Waals surface area contributed by atoms with E-state index >= 15 is 0 Å². The fraction of sp³-hybridized carbons (Fsp3) is 0.333. The molecule has 23 heavy (non-hydrogen) atoms. The van der Waals surface area contributed by atoms with E-state index in [0.29, 0.717) is 12.0 Å². The van der Waals surface area contributed by atoms with Gasteiger partial charge in [0.2, 0.25) is 5.91 Å². The van der Waals surface area contributed by atoms with E-state index in [9.17, 15) is 4.79 Å². The maximum absolute atomic E-state index is 11.9. The molecule has 3 rings (SSSR count). The van der Waals surface area contributed by atoms with Gasteiger partial charge in [-0.1, -0.05) is 6.07 Å². The van der Waals surface area contributed by atoms with Gasteiger partial charge in [0.15, 0.2) is 0 Å². The van der Waals surface area contributed by atoms with Gasteiger partial charge in [-0.25, -0.2) is 0 Å². The number of rotatable bonds is 4. The van der Waals surface area contributed by atoms with Crippen LogP contribution in [0.3, 0.4) is 0 Å². The number of primary amides is 1. The van der Waals surface area contributed by atoms with Crippen molar-refractivity contribution in [3.63, 3.8) is 0 Å². The molecule has 1 fully saturated rings. The molecule has 5 nitrogen and oxygen atoms in total. The Bertz CT molecular complexity index is 664. The number of nitrogens with two attached hydrogens (primary N) is 1. The zero-order valence-corrected chi connectivity index (χ0v) is 13.2. The first-order valence-electron chi connectivity index (χ1n) is 8.02. The second-order valence-electron chi connectivity index (χ2n) is 5.79. The summed E-state index contributed by atoms with van der Waals surface area (Å²) < 4.78 is 0. The molecular formula is C18H22N4O. The molecule has 0 bridgehead atoms. The number of aromatic nitrogens is 1. The van der Waals surface area contributed by atoms with Crippen LogP contribution in [0.5, 0.6) is 0 Å². The molecule has 1 amide bonds. The van der Waals surface area contributed by atoms with Gasteiger partial charge in [-0.05, 0) is 48.4 Å². The van der Waals surface area contributed by atoms with Crippen LogP contribution in [0.1, 0.15) is 27.9 Å². The lowest BCUT2D eigenvalue weighted by Gasteiger charge is -2.26. The Hall–Kier alpha value is -2.40. The average Bonchev–Trinajstić information content (AvgIpc) is 2.85. The van der Waals surface area contributed by atoms with E-state index < -0.39 is 0 Å². The van der Waals surface area contributed by atoms with Crippen molar-refractivity contribution < 1.29 is 4.79 Å². The van der Waals surface area contributed by atoms with E-state index in [0.717, 1.165) is 49.4 Å². The predicted molar refractivity (Wildman–Crippen MR) is 91.7 cm³/mol. The highest BCUT2D eigenvalue weighted by atomic mass is 16.1. The lowest BCUT2D eigenvalue weighted by atomic mass is 9.97. The molecule has 0 spiro atoms. The van der Waals surface area contributed by atoms with Gasteiger partial charge in [0.1, 0.15) is 0 Å². The van der Waals surface area contributed by atoms with E-state index in [1.807, 2.05) is 24.3 Å². The number of pyridine rings is 1. The van der Waals surface area contributed by atoms with Gasteiger partial charge in [0, 0.05) is 49.7 Å². The zero-order chi connectivity index (χ0) is 16.1. The fourth-order valence-electron chi connectivity index (χ4n) is 3.08. The van der Waals surface area contributed by atoms with E-state index in [-0.39, 0.29) is 5.91 Å². The maximum atomic E-state index is 11.9. The molecule has 120 valence electrons. The first-order valence-corrected chi connectivity index (χ1v) is 8.02. The number of nitrogens with one attached hydrogen (secondary N) is 1. The lowest BCUT2D eigenvalue weighted by Crippen LogP contribution is -2.29. The highest BCUT2D eigenvalue weighted by Crippen LogP contribution is 2.27. The first kappa shape index (κ1) is 15.5. The lowest BCUT2D eigenvalue weighted by molar-refractivity contribution is 0.0999. The summed E-state index contributed by atoms with van der Waals surface area (Å²) in [5, 5.41) is 3.41. The molecule has 1 aliphatic heterocycles. The first-order chi connectivity index (χ1) is 11.3. The highest BCUT2D eigenvalue weighted by Gasteiger charge is 2.18. The van der Waals surface area contributed by atoms with Crippen LogP contribution in [-0.4, -0.2) is 37.1 Å². The molecule has 0 atom stereocenters. The van der Waals surface area contributed by atoms with Gasteiger partial charge in [-0.3, -0.25) is 9.78 Å². The number of carbonyl (C=O) groups is 1. The van der Waals surface area contributed by atoms with Crippen LogP contribution in [0.15, 0.2) is 42.7 Å². The van der Waals surface area contributed by atoms with Crippen molar-refractivity contribution in [3.8, 4) is 0 Å². The monoisotopic (exact) mass is 310 g/mol. The molecule has 0 aliphatic carbocycles. The summed E-state index contributed by atoms with van der Waals surface area (Å²) >= 11 is 0. The molecule has 0 saturated carbocycles. The van der Waals surface area contributed by atoms with Gasteiger partial charge in [0.05, 0.1) is 0 Å². The van der Waals surface area contributed by atoms with Crippen LogP contribution in [0, 0.1) is 0 Å². The normalized spacial score (nSPS) is 15.2. The number of carbonyl (C=O) groups excluding carboxylic acids is 1. The number of benzene rings is 1. The van der Waals surface area contributed by atoms with E-state index in [2.05, 4.69) is 21.3 Å². The summed E-state index contributed by atoms with van der Waals surface area (Å²) in [7, 11) is 0. The minimum Gasteiger partial charge on any atom is -0.370 e. The van der Waals surface area contributed by atoms with Gasteiger partial charge in [0.25, 0.3) is 0 Å². The Morgan fingerprint density at radius 3 is 2.78 bits per heavy atom. The molecule has 0 unspecified atom stereocenters. The summed E-state index contributed by atoms with van der Waals surface area (Å²) in [6.07, 6.45) is 5.33. The third-order valence-corrected chi connectivity index (χ3v) is 4.23. The maximum Gasteiger partial charge on any atom is 0.249 e. The third-order valence-electron chi connectivity index (χ3n) is 4.23. The topological polar surface area (TPSA) is 71.2 Å². The van der Waals surface area contributed by atoms with Gasteiger partial charge in [-0.2, -0.15) is 0 Å². The van der Waals surface area contributed by atoms with Crippen LogP contribution in [-0.2, 0) is 6.42 Å². The minimum atomic E-state index is -0.371. The number of anilines is 1. The molecule has 1 aliphatic rings. The van der Waals surface area contributed by atoms with E-state index in [1.165, 1.54) is 0 Å². The van der Waals surface area contributed by atoms with Crippen molar-refractivity contribution in [3.05, 3.63) is 59.4 Å². The van der Waals surface area contributed by atoms with E-state index in [1.54, 1.807) is 12.4 Å². The molecule has 1 aromatic heterocycles. The number of nitrogens with zero attached hydrogens (tertiary/aromatic N) is 2. The number of hydrogen-bond donors (Lipinski definition) is 2. The summed E-state index contributed by atoms with van der Waals surface area (Å²) in [6.45, 7) is 3.91. The second-order valence-corrected chi connectivity index (χ2v) is 5.79. The zero-order valence-electron chi connectivity index (χ0n) is 13.2. The molecule has 5 heteroatoms. The molecule has 3 N–H and O–H groups in total. The number of amides is 1. The summed E-state index contributed by atoms with van der Waals surface area (Å²) in [6, 6.07) is 9.79. The SMILES string of the molecule is NC(=O)c1cccc(N2CCCNCC2)c1Cc1ccncc1. The van der Waals surface area contributed by atoms with Gasteiger partial charge < -0.3 is 16.0 Å². The largest absolute Gasteiger partial charge is 0.370 e. The Labute approximate surface area is 136 Å². The molecular weight excluding hydrogens is 288 g/mol. The molecule has 2 aromatic rings. The van der Waals surface area contributed by atoms with Crippen molar-refractivity contribution in [2.45, 2.75) is 12.8 Å². The predicted octanol–water partition coefficient (Wildman–Crippen LogP) is 1.57. The third kappa shape index (κ3) is 3.68. The Morgan fingerprint density at radius 1 is 1.17 bits per heavy atom. The average molecular weight is 310 g/mol. The number of hydrogen-bond acceptors (Lipinski definition) is 4. The second kappa shape index (κ2) is 7.24. The van der Waals surface area contributed by atoms with Crippen LogP contribution >= 0.6 is 0 Å². The van der Waals surface area contributed by atoms with Crippen LogP contribution in [0.2, 0.25) is 0 Å². The van der Waals surface area contributed by atoms with Crippen LogP contribution in [0.25, 0.3) is 0 Å².